The van der Waals surface area contributed by atoms with Crippen molar-refractivity contribution >= 4 is 0 Å². The van der Waals surface area contributed by atoms with Crippen LogP contribution in [0.1, 0.15) is 12.0 Å². The summed E-state index contributed by atoms with van der Waals surface area (Å²) >= 11 is 0. The average molecular weight is 239 g/mol. The summed E-state index contributed by atoms with van der Waals surface area (Å²) in [6.45, 7) is 3.56. The van der Waals surface area contributed by atoms with E-state index in [1.807, 2.05) is 31.2 Å². The van der Waals surface area contributed by atoms with E-state index < -0.39 is 6.23 Å². The van der Waals surface area contributed by atoms with Crippen LogP contribution in [-0.2, 0) is 4.74 Å². The van der Waals surface area contributed by atoms with E-state index in [4.69, 9.17) is 14.6 Å². The first-order valence-corrected chi connectivity index (χ1v) is 5.85. The van der Waals surface area contributed by atoms with Crippen molar-refractivity contribution in [3.8, 4) is 5.75 Å². The molecule has 0 spiro atoms. The number of hydrogen-bond acceptors (Lipinski definition) is 4. The Labute approximate surface area is 103 Å². The van der Waals surface area contributed by atoms with Gasteiger partial charge in [0.2, 0.25) is 0 Å². The highest BCUT2D eigenvalue weighted by atomic mass is 16.5. The molecule has 0 heterocycles. The van der Waals surface area contributed by atoms with E-state index in [1.54, 1.807) is 7.05 Å². The monoisotopic (exact) mass is 239 g/mol. The molecule has 96 valence electrons. The second-order valence-electron chi connectivity index (χ2n) is 3.89. The van der Waals surface area contributed by atoms with Gasteiger partial charge in [0.1, 0.15) is 12.0 Å². The molecule has 0 radical (unpaired) electrons. The SMILES string of the molecule is CNC(O)COCCCOc1ccc(C)cc1. The first-order valence-electron chi connectivity index (χ1n) is 5.85. The number of hydrogen-bond donors (Lipinski definition) is 2. The molecule has 0 aliphatic heterocycles. The highest BCUT2D eigenvalue weighted by Gasteiger charge is 1.99. The van der Waals surface area contributed by atoms with Crippen LogP contribution in [0.4, 0.5) is 0 Å². The Balaban J connectivity index is 2.02. The number of likely N-dealkylation sites (N-methyl/N-ethyl adjacent to an activating group) is 1. The summed E-state index contributed by atoms with van der Waals surface area (Å²) in [7, 11) is 1.69. The van der Waals surface area contributed by atoms with Crippen LogP contribution in [0, 0.1) is 6.92 Å². The van der Waals surface area contributed by atoms with E-state index in [0.717, 1.165) is 12.2 Å². The summed E-state index contributed by atoms with van der Waals surface area (Å²) in [5, 5.41) is 11.8. The van der Waals surface area contributed by atoms with E-state index >= 15 is 0 Å². The summed E-state index contributed by atoms with van der Waals surface area (Å²) in [6, 6.07) is 7.96. The quantitative estimate of drug-likeness (QED) is 0.530. The van der Waals surface area contributed by atoms with E-state index in [-0.39, 0.29) is 0 Å². The molecule has 0 saturated carbocycles. The number of nitrogens with one attached hydrogen (secondary N) is 1. The first-order chi connectivity index (χ1) is 8.22. The van der Waals surface area contributed by atoms with Crippen LogP contribution in [0.2, 0.25) is 0 Å². The maximum absolute atomic E-state index is 9.15. The number of rotatable bonds is 8. The Morgan fingerprint density at radius 2 is 1.94 bits per heavy atom. The van der Waals surface area contributed by atoms with Gasteiger partial charge in [-0.15, -0.1) is 0 Å². The lowest BCUT2D eigenvalue weighted by atomic mass is 10.2. The molecule has 4 heteroatoms. The van der Waals surface area contributed by atoms with Crippen LogP contribution >= 0.6 is 0 Å². The Hall–Kier alpha value is -1.10. The lowest BCUT2D eigenvalue weighted by Crippen LogP contribution is -2.29. The fourth-order valence-electron chi connectivity index (χ4n) is 1.26. The van der Waals surface area contributed by atoms with Gasteiger partial charge in [-0.05, 0) is 26.1 Å². The van der Waals surface area contributed by atoms with Crippen LogP contribution in [0.3, 0.4) is 0 Å². The van der Waals surface area contributed by atoms with Gasteiger partial charge in [0.25, 0.3) is 0 Å². The molecule has 2 N–H and O–H groups in total. The molecule has 4 nitrogen and oxygen atoms in total. The number of benzene rings is 1. The minimum atomic E-state index is -0.590. The lowest BCUT2D eigenvalue weighted by Gasteiger charge is -2.10. The Morgan fingerprint density at radius 1 is 1.24 bits per heavy atom. The van der Waals surface area contributed by atoms with Crippen LogP contribution in [-0.4, -0.2) is 38.2 Å². The molecule has 0 amide bonds. The minimum Gasteiger partial charge on any atom is -0.494 e. The zero-order valence-electron chi connectivity index (χ0n) is 10.5. The van der Waals surface area contributed by atoms with Crippen molar-refractivity contribution in [2.75, 3.05) is 26.9 Å². The molecule has 0 fully saturated rings. The van der Waals surface area contributed by atoms with Crippen LogP contribution in [0.15, 0.2) is 24.3 Å². The van der Waals surface area contributed by atoms with Crippen molar-refractivity contribution in [3.05, 3.63) is 29.8 Å². The molecule has 17 heavy (non-hydrogen) atoms. The third-order valence-electron chi connectivity index (χ3n) is 2.33. The van der Waals surface area contributed by atoms with E-state index in [2.05, 4.69) is 5.32 Å². The van der Waals surface area contributed by atoms with Gasteiger partial charge in [-0.1, -0.05) is 17.7 Å². The van der Waals surface area contributed by atoms with Gasteiger partial charge in [-0.3, -0.25) is 5.32 Å². The standard InChI is InChI=1S/C13H21NO3/c1-11-4-6-12(7-5-11)17-9-3-8-16-10-13(15)14-2/h4-7,13-15H,3,8-10H2,1-2H3. The molecular formula is C13H21NO3. The lowest BCUT2D eigenvalue weighted by molar-refractivity contribution is 0.0193. The van der Waals surface area contributed by atoms with Crippen molar-refractivity contribution in [1.29, 1.82) is 0 Å². The van der Waals surface area contributed by atoms with Crippen molar-refractivity contribution in [1.82, 2.24) is 5.32 Å². The van der Waals surface area contributed by atoms with Gasteiger partial charge in [-0.2, -0.15) is 0 Å². The van der Waals surface area contributed by atoms with Gasteiger partial charge in [-0.25, -0.2) is 0 Å². The molecule has 0 bridgehead atoms. The van der Waals surface area contributed by atoms with Gasteiger partial charge in [0.15, 0.2) is 0 Å². The normalized spacial score (nSPS) is 12.4. The predicted octanol–water partition coefficient (Wildman–Crippen LogP) is 1.32. The Bertz CT molecular complexity index is 300. The third kappa shape index (κ3) is 6.26. The fraction of sp³-hybridized carbons (Fsp3) is 0.538. The van der Waals surface area contributed by atoms with Gasteiger partial charge in [0.05, 0.1) is 19.8 Å². The summed E-state index contributed by atoms with van der Waals surface area (Å²) < 4.78 is 10.8. The molecule has 1 atom stereocenters. The molecule has 1 unspecified atom stereocenters. The number of aliphatic hydroxyl groups is 1. The van der Waals surface area contributed by atoms with Crippen molar-refractivity contribution < 1.29 is 14.6 Å². The van der Waals surface area contributed by atoms with Crippen LogP contribution < -0.4 is 10.1 Å². The largest absolute Gasteiger partial charge is 0.494 e. The number of aryl methyl sites for hydroxylation is 1. The van der Waals surface area contributed by atoms with Crippen molar-refractivity contribution in [2.45, 2.75) is 19.6 Å². The maximum atomic E-state index is 9.15. The zero-order chi connectivity index (χ0) is 12.5. The summed E-state index contributed by atoms with van der Waals surface area (Å²) in [4.78, 5) is 0. The van der Waals surface area contributed by atoms with E-state index in [9.17, 15) is 0 Å². The second-order valence-corrected chi connectivity index (χ2v) is 3.89. The Morgan fingerprint density at radius 3 is 2.59 bits per heavy atom. The third-order valence-corrected chi connectivity index (χ3v) is 2.33. The van der Waals surface area contributed by atoms with Gasteiger partial charge in [0, 0.05) is 6.42 Å². The number of ether oxygens (including phenoxy) is 2. The smallest absolute Gasteiger partial charge is 0.128 e. The summed E-state index contributed by atoms with van der Waals surface area (Å²) in [5.74, 6) is 0.880. The fourth-order valence-corrected chi connectivity index (χ4v) is 1.26. The molecule has 0 aliphatic carbocycles. The Kier molecular flexibility index (Phi) is 6.62. The highest BCUT2D eigenvalue weighted by molar-refractivity contribution is 5.26. The zero-order valence-corrected chi connectivity index (χ0v) is 10.5. The van der Waals surface area contributed by atoms with E-state index in [1.165, 1.54) is 5.56 Å². The molecule has 1 aromatic rings. The molecule has 0 aliphatic rings. The first kappa shape index (κ1) is 14.0. The van der Waals surface area contributed by atoms with Gasteiger partial charge >= 0.3 is 0 Å². The van der Waals surface area contributed by atoms with Crippen molar-refractivity contribution in [3.63, 3.8) is 0 Å². The van der Waals surface area contributed by atoms with Crippen LogP contribution in [0.5, 0.6) is 5.75 Å². The number of aliphatic hydroxyl groups excluding tert-OH is 1. The van der Waals surface area contributed by atoms with Crippen molar-refractivity contribution in [2.24, 2.45) is 0 Å². The molecule has 0 saturated heterocycles. The molecule has 1 aromatic carbocycles. The molecule has 1 rings (SSSR count). The van der Waals surface area contributed by atoms with Crippen LogP contribution in [0.25, 0.3) is 0 Å². The predicted molar refractivity (Wildman–Crippen MR) is 67.2 cm³/mol. The van der Waals surface area contributed by atoms with E-state index in [0.29, 0.717) is 19.8 Å². The van der Waals surface area contributed by atoms with Gasteiger partial charge < -0.3 is 14.6 Å². The minimum absolute atomic E-state index is 0.307. The topological polar surface area (TPSA) is 50.7 Å². The molecular weight excluding hydrogens is 218 g/mol. The molecule has 0 aromatic heterocycles. The second kappa shape index (κ2) is 8.06. The highest BCUT2D eigenvalue weighted by Crippen LogP contribution is 2.11. The average Bonchev–Trinajstić information content (AvgIpc) is 2.35. The summed E-state index contributed by atoms with van der Waals surface area (Å²) in [6.07, 6.45) is 0.220. The summed E-state index contributed by atoms with van der Waals surface area (Å²) in [5.41, 5.74) is 1.22. The maximum Gasteiger partial charge on any atom is 0.128 e.